The highest BCUT2D eigenvalue weighted by Gasteiger charge is 2.23. The van der Waals surface area contributed by atoms with E-state index in [0.29, 0.717) is 5.88 Å². The molecule has 0 aliphatic carbocycles. The van der Waals surface area contributed by atoms with Crippen molar-refractivity contribution in [3.63, 3.8) is 0 Å². The quantitative estimate of drug-likeness (QED) is 0.787. The first-order chi connectivity index (χ1) is 11.1. The molecule has 124 valence electrons. The zero-order chi connectivity index (χ0) is 16.8. The summed E-state index contributed by atoms with van der Waals surface area (Å²) in [7, 11) is 1.73. The summed E-state index contributed by atoms with van der Waals surface area (Å²) in [6.45, 7) is 8.79. The lowest BCUT2D eigenvalue weighted by Crippen LogP contribution is -2.38. The van der Waals surface area contributed by atoms with E-state index in [1.54, 1.807) is 18.0 Å². The van der Waals surface area contributed by atoms with Crippen LogP contribution in [0.5, 0.6) is 0 Å². The van der Waals surface area contributed by atoms with Crippen LogP contribution in [0.25, 0.3) is 11.3 Å². The van der Waals surface area contributed by atoms with Crippen molar-refractivity contribution >= 4 is 11.8 Å². The standard InChI is InChI=1S/C18H25N3O2/c1-5-21(6-2)13-14(3)18(22)20(4)17-12-16(19-23-17)15-10-8-7-9-11-15/h7-12,14H,5-6,13H2,1-4H3. The first kappa shape index (κ1) is 17.2. The Labute approximate surface area is 137 Å². The molecule has 1 atom stereocenters. The van der Waals surface area contributed by atoms with Gasteiger partial charge in [-0.2, -0.15) is 0 Å². The highest BCUT2D eigenvalue weighted by molar-refractivity contribution is 5.93. The predicted octanol–water partition coefficient (Wildman–Crippen LogP) is 3.28. The van der Waals surface area contributed by atoms with E-state index in [1.807, 2.05) is 37.3 Å². The Hall–Kier alpha value is -2.14. The molecular weight excluding hydrogens is 290 g/mol. The molecule has 0 radical (unpaired) electrons. The summed E-state index contributed by atoms with van der Waals surface area (Å²) in [6.07, 6.45) is 0. The van der Waals surface area contributed by atoms with Crippen molar-refractivity contribution in [2.75, 3.05) is 31.6 Å². The molecule has 23 heavy (non-hydrogen) atoms. The number of rotatable bonds is 7. The van der Waals surface area contributed by atoms with Crippen molar-refractivity contribution in [1.29, 1.82) is 0 Å². The van der Waals surface area contributed by atoms with Crippen molar-refractivity contribution < 1.29 is 9.32 Å². The number of benzene rings is 1. The largest absolute Gasteiger partial charge is 0.338 e. The van der Waals surface area contributed by atoms with Crippen LogP contribution in [-0.4, -0.2) is 42.6 Å². The number of nitrogens with zero attached hydrogens (tertiary/aromatic N) is 3. The van der Waals surface area contributed by atoms with Crippen LogP contribution in [0, 0.1) is 5.92 Å². The maximum atomic E-state index is 12.6. The number of aromatic nitrogens is 1. The molecule has 1 heterocycles. The zero-order valence-corrected chi connectivity index (χ0v) is 14.3. The average Bonchev–Trinajstić information content (AvgIpc) is 3.09. The van der Waals surface area contributed by atoms with Gasteiger partial charge in [0.05, 0.1) is 0 Å². The van der Waals surface area contributed by atoms with Crippen LogP contribution in [0.2, 0.25) is 0 Å². The van der Waals surface area contributed by atoms with Gasteiger partial charge in [0.25, 0.3) is 0 Å². The fourth-order valence-corrected chi connectivity index (χ4v) is 2.55. The summed E-state index contributed by atoms with van der Waals surface area (Å²) in [5, 5.41) is 4.06. The summed E-state index contributed by atoms with van der Waals surface area (Å²) in [6, 6.07) is 11.6. The van der Waals surface area contributed by atoms with Gasteiger partial charge in [-0.25, -0.2) is 0 Å². The number of carbonyl (C=O) groups is 1. The fourth-order valence-electron chi connectivity index (χ4n) is 2.55. The highest BCUT2D eigenvalue weighted by atomic mass is 16.5. The lowest BCUT2D eigenvalue weighted by atomic mass is 10.1. The SMILES string of the molecule is CCN(CC)CC(C)C(=O)N(C)c1cc(-c2ccccc2)no1. The van der Waals surface area contributed by atoms with Gasteiger partial charge < -0.3 is 9.42 Å². The predicted molar refractivity (Wildman–Crippen MR) is 92.3 cm³/mol. The summed E-state index contributed by atoms with van der Waals surface area (Å²) in [5.74, 6) is 0.415. The Kier molecular flexibility index (Phi) is 5.93. The van der Waals surface area contributed by atoms with E-state index in [0.717, 1.165) is 30.9 Å². The normalized spacial score (nSPS) is 12.4. The molecule has 5 heteroatoms. The van der Waals surface area contributed by atoms with Gasteiger partial charge in [-0.3, -0.25) is 9.69 Å². The number of anilines is 1. The van der Waals surface area contributed by atoms with Crippen molar-refractivity contribution in [3.8, 4) is 11.3 Å². The van der Waals surface area contributed by atoms with Gasteiger partial charge in [-0.05, 0) is 13.1 Å². The minimum atomic E-state index is -0.0924. The van der Waals surface area contributed by atoms with Crippen LogP contribution in [-0.2, 0) is 4.79 Å². The first-order valence-electron chi connectivity index (χ1n) is 8.08. The molecule has 0 saturated heterocycles. The Balaban J connectivity index is 2.07. The van der Waals surface area contributed by atoms with Gasteiger partial charge in [0.15, 0.2) is 0 Å². The number of carbonyl (C=O) groups excluding carboxylic acids is 1. The number of amides is 1. The molecule has 0 bridgehead atoms. The van der Waals surface area contributed by atoms with E-state index in [9.17, 15) is 4.79 Å². The van der Waals surface area contributed by atoms with Crippen molar-refractivity contribution in [1.82, 2.24) is 10.1 Å². The fraction of sp³-hybridized carbons (Fsp3) is 0.444. The van der Waals surface area contributed by atoms with Gasteiger partial charge in [0.1, 0.15) is 5.69 Å². The summed E-state index contributed by atoms with van der Waals surface area (Å²) < 4.78 is 5.35. The second-order valence-corrected chi connectivity index (χ2v) is 5.70. The van der Waals surface area contributed by atoms with E-state index in [-0.39, 0.29) is 11.8 Å². The molecule has 2 aromatic rings. The summed E-state index contributed by atoms with van der Waals surface area (Å²) in [4.78, 5) is 16.4. The van der Waals surface area contributed by atoms with E-state index in [2.05, 4.69) is 23.9 Å². The third kappa shape index (κ3) is 4.20. The minimum absolute atomic E-state index is 0.0349. The molecule has 0 fully saturated rings. The molecule has 1 aromatic carbocycles. The van der Waals surface area contributed by atoms with E-state index in [1.165, 1.54) is 0 Å². The number of hydrogen-bond donors (Lipinski definition) is 0. The minimum Gasteiger partial charge on any atom is -0.338 e. The van der Waals surface area contributed by atoms with Crippen LogP contribution >= 0.6 is 0 Å². The second-order valence-electron chi connectivity index (χ2n) is 5.70. The van der Waals surface area contributed by atoms with E-state index < -0.39 is 0 Å². The third-order valence-corrected chi connectivity index (χ3v) is 4.08. The highest BCUT2D eigenvalue weighted by Crippen LogP contribution is 2.24. The van der Waals surface area contributed by atoms with Crippen LogP contribution in [0.15, 0.2) is 40.9 Å². The molecule has 2 rings (SSSR count). The van der Waals surface area contributed by atoms with Gasteiger partial charge in [-0.1, -0.05) is 56.3 Å². The van der Waals surface area contributed by atoms with Crippen molar-refractivity contribution in [2.45, 2.75) is 20.8 Å². The summed E-state index contributed by atoms with van der Waals surface area (Å²) >= 11 is 0. The number of hydrogen-bond acceptors (Lipinski definition) is 4. The topological polar surface area (TPSA) is 49.6 Å². The van der Waals surface area contributed by atoms with Gasteiger partial charge in [0, 0.05) is 31.1 Å². The first-order valence-corrected chi connectivity index (χ1v) is 8.08. The molecule has 0 N–H and O–H groups in total. The Morgan fingerprint density at radius 2 is 1.87 bits per heavy atom. The van der Waals surface area contributed by atoms with Gasteiger partial charge >= 0.3 is 0 Å². The van der Waals surface area contributed by atoms with Crippen LogP contribution in [0.1, 0.15) is 20.8 Å². The maximum Gasteiger partial charge on any atom is 0.234 e. The van der Waals surface area contributed by atoms with Crippen LogP contribution in [0.4, 0.5) is 5.88 Å². The lowest BCUT2D eigenvalue weighted by molar-refractivity contribution is -0.122. The van der Waals surface area contributed by atoms with E-state index >= 15 is 0 Å². The third-order valence-electron chi connectivity index (χ3n) is 4.08. The molecule has 1 amide bonds. The van der Waals surface area contributed by atoms with Gasteiger partial charge in [0.2, 0.25) is 11.8 Å². The molecular formula is C18H25N3O2. The summed E-state index contributed by atoms with van der Waals surface area (Å²) in [5.41, 5.74) is 1.70. The van der Waals surface area contributed by atoms with E-state index in [4.69, 9.17) is 4.52 Å². The molecule has 1 unspecified atom stereocenters. The van der Waals surface area contributed by atoms with Crippen LogP contribution < -0.4 is 4.90 Å². The smallest absolute Gasteiger partial charge is 0.234 e. The van der Waals surface area contributed by atoms with Crippen molar-refractivity contribution in [3.05, 3.63) is 36.4 Å². The molecule has 0 aliphatic rings. The molecule has 0 aliphatic heterocycles. The maximum absolute atomic E-state index is 12.6. The Morgan fingerprint density at radius 3 is 2.48 bits per heavy atom. The second kappa shape index (κ2) is 7.92. The Morgan fingerprint density at radius 1 is 1.22 bits per heavy atom. The average molecular weight is 315 g/mol. The molecule has 5 nitrogen and oxygen atoms in total. The molecule has 1 aromatic heterocycles. The van der Waals surface area contributed by atoms with Crippen molar-refractivity contribution in [2.24, 2.45) is 5.92 Å². The van der Waals surface area contributed by atoms with Crippen LogP contribution in [0.3, 0.4) is 0 Å². The zero-order valence-electron chi connectivity index (χ0n) is 14.3. The Bertz CT molecular complexity index is 620. The van der Waals surface area contributed by atoms with Gasteiger partial charge in [-0.15, -0.1) is 0 Å². The molecule has 0 saturated carbocycles. The molecule has 0 spiro atoms. The monoisotopic (exact) mass is 315 g/mol. The lowest BCUT2D eigenvalue weighted by Gasteiger charge is -2.24.